The topological polar surface area (TPSA) is 35.5 Å². The Bertz CT molecular complexity index is 638. The Balaban J connectivity index is 1.57. The lowest BCUT2D eigenvalue weighted by Gasteiger charge is -2.34. The van der Waals surface area contributed by atoms with Gasteiger partial charge in [-0.3, -0.25) is 0 Å². The molecule has 2 aromatic carbocycles. The predicted molar refractivity (Wildman–Crippen MR) is 93.4 cm³/mol. The fourth-order valence-corrected chi connectivity index (χ4v) is 3.07. The molecule has 5 heteroatoms. The summed E-state index contributed by atoms with van der Waals surface area (Å²) in [5, 5.41) is 14.0. The molecule has 2 N–H and O–H groups in total. The molecule has 1 heterocycles. The van der Waals surface area contributed by atoms with Crippen LogP contribution in [0.2, 0.25) is 10.0 Å². The van der Waals surface area contributed by atoms with Crippen molar-refractivity contribution in [3.63, 3.8) is 0 Å². The highest BCUT2D eigenvalue weighted by Gasteiger charge is 2.19. The third-order valence-corrected chi connectivity index (χ3v) is 4.74. The zero-order valence-electron chi connectivity index (χ0n) is 12.1. The summed E-state index contributed by atoms with van der Waals surface area (Å²) >= 11 is 12.0. The van der Waals surface area contributed by atoms with Crippen LogP contribution < -0.4 is 10.2 Å². The van der Waals surface area contributed by atoms with Crippen LogP contribution in [0.25, 0.3) is 0 Å². The summed E-state index contributed by atoms with van der Waals surface area (Å²) in [6, 6.07) is 13.5. The maximum Gasteiger partial charge on any atom is 0.115 e. The molecule has 0 spiro atoms. The molecule has 0 unspecified atom stereocenters. The van der Waals surface area contributed by atoms with E-state index in [1.165, 1.54) is 0 Å². The van der Waals surface area contributed by atoms with Gasteiger partial charge in [0.05, 0.1) is 10.0 Å². The molecule has 3 rings (SSSR count). The number of nitrogens with one attached hydrogen (secondary N) is 1. The highest BCUT2D eigenvalue weighted by atomic mass is 35.5. The quantitative estimate of drug-likeness (QED) is 0.846. The van der Waals surface area contributed by atoms with Crippen molar-refractivity contribution in [1.82, 2.24) is 0 Å². The van der Waals surface area contributed by atoms with E-state index < -0.39 is 0 Å². The second-order valence-corrected chi connectivity index (χ2v) is 6.37. The molecule has 0 radical (unpaired) electrons. The van der Waals surface area contributed by atoms with Crippen LogP contribution in [-0.2, 0) is 0 Å². The van der Waals surface area contributed by atoms with Gasteiger partial charge in [-0.25, -0.2) is 0 Å². The van der Waals surface area contributed by atoms with Gasteiger partial charge < -0.3 is 15.3 Å². The van der Waals surface area contributed by atoms with Crippen LogP contribution in [0.1, 0.15) is 12.8 Å². The lowest BCUT2D eigenvalue weighted by atomic mass is 10.0. The molecule has 116 valence electrons. The van der Waals surface area contributed by atoms with Gasteiger partial charge in [0.15, 0.2) is 0 Å². The fourth-order valence-electron chi connectivity index (χ4n) is 2.77. The maximum absolute atomic E-state index is 9.35. The maximum atomic E-state index is 9.35. The van der Waals surface area contributed by atoms with E-state index in [-0.39, 0.29) is 0 Å². The second-order valence-electron chi connectivity index (χ2n) is 5.55. The minimum absolute atomic E-state index is 0.305. The van der Waals surface area contributed by atoms with E-state index in [0.29, 0.717) is 21.8 Å². The summed E-state index contributed by atoms with van der Waals surface area (Å²) in [5.41, 5.74) is 2.17. The monoisotopic (exact) mass is 336 g/mol. The molecule has 2 aromatic rings. The Morgan fingerprint density at radius 1 is 0.955 bits per heavy atom. The second kappa shape index (κ2) is 6.67. The van der Waals surface area contributed by atoms with E-state index in [4.69, 9.17) is 23.2 Å². The first kappa shape index (κ1) is 15.3. The molecule has 0 aromatic heterocycles. The van der Waals surface area contributed by atoms with Gasteiger partial charge in [-0.1, -0.05) is 23.2 Å². The molecule has 1 fully saturated rings. The van der Waals surface area contributed by atoms with E-state index in [9.17, 15) is 5.11 Å². The van der Waals surface area contributed by atoms with Crippen LogP contribution in [-0.4, -0.2) is 24.2 Å². The first-order valence-corrected chi connectivity index (χ1v) is 8.13. The molecule has 1 saturated heterocycles. The van der Waals surface area contributed by atoms with Gasteiger partial charge in [-0.05, 0) is 55.3 Å². The van der Waals surface area contributed by atoms with Crippen LogP contribution in [0, 0.1) is 0 Å². The van der Waals surface area contributed by atoms with Gasteiger partial charge in [0.2, 0.25) is 0 Å². The number of halogens is 2. The molecule has 3 nitrogen and oxygen atoms in total. The van der Waals surface area contributed by atoms with E-state index in [0.717, 1.165) is 37.3 Å². The fraction of sp³-hybridized carbons (Fsp3) is 0.294. The van der Waals surface area contributed by atoms with Crippen LogP contribution in [0.3, 0.4) is 0 Å². The third-order valence-electron chi connectivity index (χ3n) is 4.00. The molecule has 0 aliphatic carbocycles. The number of hydrogen-bond donors (Lipinski definition) is 2. The Morgan fingerprint density at radius 3 is 2.27 bits per heavy atom. The Labute approximate surface area is 140 Å². The summed E-state index contributed by atoms with van der Waals surface area (Å²) in [4.78, 5) is 2.34. The lowest BCUT2D eigenvalue weighted by Crippen LogP contribution is -2.39. The molecule has 0 bridgehead atoms. The molecule has 22 heavy (non-hydrogen) atoms. The van der Waals surface area contributed by atoms with Crippen molar-refractivity contribution in [3.8, 4) is 5.75 Å². The SMILES string of the molecule is Oc1ccc(N2CCC(Nc3ccc(Cl)c(Cl)c3)CC2)cc1. The number of hydrogen-bond acceptors (Lipinski definition) is 3. The van der Waals surface area contributed by atoms with Gasteiger partial charge in [-0.15, -0.1) is 0 Å². The average molecular weight is 337 g/mol. The van der Waals surface area contributed by atoms with E-state index >= 15 is 0 Å². The molecule has 0 amide bonds. The molecule has 0 saturated carbocycles. The van der Waals surface area contributed by atoms with E-state index in [1.807, 2.05) is 30.3 Å². The minimum atomic E-state index is 0.305. The number of rotatable bonds is 3. The van der Waals surface area contributed by atoms with Gasteiger partial charge in [0, 0.05) is 30.5 Å². The lowest BCUT2D eigenvalue weighted by molar-refractivity contribution is 0.475. The van der Waals surface area contributed by atoms with Crippen molar-refractivity contribution in [1.29, 1.82) is 0 Å². The Kier molecular flexibility index (Phi) is 4.65. The number of benzene rings is 2. The predicted octanol–water partition coefficient (Wildman–Crippen LogP) is 4.78. The first-order valence-electron chi connectivity index (χ1n) is 7.37. The van der Waals surface area contributed by atoms with Crippen molar-refractivity contribution in [3.05, 3.63) is 52.5 Å². The van der Waals surface area contributed by atoms with Crippen LogP contribution in [0.4, 0.5) is 11.4 Å². The summed E-state index contributed by atoms with van der Waals surface area (Å²) < 4.78 is 0. The van der Waals surface area contributed by atoms with E-state index in [2.05, 4.69) is 10.2 Å². The molecule has 1 aliphatic heterocycles. The largest absolute Gasteiger partial charge is 0.508 e. The van der Waals surface area contributed by atoms with E-state index in [1.54, 1.807) is 12.1 Å². The number of nitrogens with zero attached hydrogens (tertiary/aromatic N) is 1. The van der Waals surface area contributed by atoms with Gasteiger partial charge in [0.1, 0.15) is 5.75 Å². The smallest absolute Gasteiger partial charge is 0.115 e. The Morgan fingerprint density at radius 2 is 1.64 bits per heavy atom. The summed E-state index contributed by atoms with van der Waals surface area (Å²) in [6.07, 6.45) is 2.11. The average Bonchev–Trinajstić information content (AvgIpc) is 2.53. The van der Waals surface area contributed by atoms with Crippen molar-refractivity contribution in [2.75, 3.05) is 23.3 Å². The summed E-state index contributed by atoms with van der Waals surface area (Å²) in [7, 11) is 0. The third kappa shape index (κ3) is 3.60. The van der Waals surface area contributed by atoms with Gasteiger partial charge in [0.25, 0.3) is 0 Å². The number of phenols is 1. The molecule has 1 aliphatic rings. The number of piperidine rings is 1. The van der Waals surface area contributed by atoms with Crippen LogP contribution in [0.5, 0.6) is 5.75 Å². The Hall–Kier alpha value is -1.58. The summed E-state index contributed by atoms with van der Waals surface area (Å²) in [5.74, 6) is 0.305. The molecular weight excluding hydrogens is 319 g/mol. The molecular formula is C17H18Cl2N2O. The standard InChI is InChI=1S/C17H18Cl2N2O/c18-16-6-1-13(11-17(16)19)20-12-7-9-21(10-8-12)14-2-4-15(22)5-3-14/h1-6,11-12,20,22H,7-10H2. The number of aromatic hydroxyl groups is 1. The zero-order chi connectivity index (χ0) is 15.5. The highest BCUT2D eigenvalue weighted by Crippen LogP contribution is 2.27. The normalized spacial score (nSPS) is 15.8. The van der Waals surface area contributed by atoms with Crippen LogP contribution in [0.15, 0.2) is 42.5 Å². The first-order chi connectivity index (χ1) is 10.6. The van der Waals surface area contributed by atoms with Gasteiger partial charge in [-0.2, -0.15) is 0 Å². The van der Waals surface area contributed by atoms with Crippen molar-refractivity contribution >= 4 is 34.6 Å². The summed E-state index contributed by atoms with van der Waals surface area (Å²) in [6.45, 7) is 1.98. The minimum Gasteiger partial charge on any atom is -0.508 e. The highest BCUT2D eigenvalue weighted by molar-refractivity contribution is 6.42. The van der Waals surface area contributed by atoms with Crippen LogP contribution >= 0.6 is 23.2 Å². The number of phenolic OH excluding ortho intramolecular Hbond substituents is 1. The van der Waals surface area contributed by atoms with Gasteiger partial charge >= 0.3 is 0 Å². The van der Waals surface area contributed by atoms with Crippen molar-refractivity contribution in [2.45, 2.75) is 18.9 Å². The molecule has 0 atom stereocenters. The van der Waals surface area contributed by atoms with Crippen molar-refractivity contribution < 1.29 is 5.11 Å². The number of anilines is 2. The van der Waals surface area contributed by atoms with Crippen molar-refractivity contribution in [2.24, 2.45) is 0 Å². The zero-order valence-corrected chi connectivity index (χ0v) is 13.6.